The summed E-state index contributed by atoms with van der Waals surface area (Å²) < 4.78 is 6.44. The number of non-ortho nitro benzene ring substituents is 1. The number of hydrogen-bond acceptors (Lipinski definition) is 5. The third-order valence-electron chi connectivity index (χ3n) is 4.40. The van der Waals surface area contributed by atoms with Crippen molar-refractivity contribution in [2.75, 3.05) is 0 Å². The number of nitrogens with zero attached hydrogens (tertiary/aromatic N) is 2. The van der Waals surface area contributed by atoms with E-state index in [1.165, 1.54) is 22.8 Å². The van der Waals surface area contributed by atoms with E-state index in [9.17, 15) is 19.7 Å². The summed E-state index contributed by atoms with van der Waals surface area (Å²) >= 11 is 5.86. The molecule has 0 saturated heterocycles. The molecule has 1 atom stereocenters. The number of amides is 1. The molecule has 0 unspecified atom stereocenters. The van der Waals surface area contributed by atoms with Gasteiger partial charge in [0.2, 0.25) is 5.91 Å². The molecule has 1 amide bonds. The number of aromatic nitrogens is 1. The molecule has 8 nitrogen and oxygen atoms in total. The largest absolute Gasteiger partial charge is 0.419 e. The highest BCUT2D eigenvalue weighted by atomic mass is 35.5. The maximum atomic E-state index is 12.2. The van der Waals surface area contributed by atoms with Crippen LogP contribution in [0.3, 0.4) is 0 Å². The van der Waals surface area contributed by atoms with Gasteiger partial charge in [0, 0.05) is 24.1 Å². The Labute approximate surface area is 164 Å². The van der Waals surface area contributed by atoms with Gasteiger partial charge < -0.3 is 9.73 Å². The highest BCUT2D eigenvalue weighted by Crippen LogP contribution is 2.20. The molecule has 1 aromatic heterocycles. The van der Waals surface area contributed by atoms with E-state index in [1.54, 1.807) is 12.1 Å². The lowest BCUT2D eigenvalue weighted by molar-refractivity contribution is -0.384. The summed E-state index contributed by atoms with van der Waals surface area (Å²) in [6.07, 6.45) is 0.648. The number of nitro groups is 1. The zero-order chi connectivity index (χ0) is 20.3. The number of benzene rings is 2. The molecule has 0 fully saturated rings. The Kier molecular flexibility index (Phi) is 5.79. The summed E-state index contributed by atoms with van der Waals surface area (Å²) in [5.74, 6) is -0.746. The van der Waals surface area contributed by atoms with Crippen LogP contribution in [0.25, 0.3) is 11.1 Å². The van der Waals surface area contributed by atoms with Crippen molar-refractivity contribution in [3.8, 4) is 0 Å². The number of nitrogens with one attached hydrogen (secondary N) is 1. The van der Waals surface area contributed by atoms with Gasteiger partial charge in [0.05, 0.1) is 22.5 Å². The van der Waals surface area contributed by atoms with Crippen LogP contribution in [-0.2, 0) is 11.3 Å². The Bertz CT molecular complexity index is 1070. The van der Waals surface area contributed by atoms with Gasteiger partial charge in [0.25, 0.3) is 5.69 Å². The van der Waals surface area contributed by atoms with Crippen molar-refractivity contribution in [2.45, 2.75) is 32.4 Å². The maximum Gasteiger partial charge on any atom is 0.419 e. The molecule has 0 radical (unpaired) electrons. The van der Waals surface area contributed by atoms with E-state index in [0.717, 1.165) is 5.56 Å². The SMILES string of the molecule is C[C@H](NC(=O)CCCn1c(=O)oc2cc([N+](=O)[O-])ccc21)c1ccc(Cl)cc1. The van der Waals surface area contributed by atoms with Crippen LogP contribution < -0.4 is 11.1 Å². The standard InChI is InChI=1S/C19H18ClN3O5/c1-12(13-4-6-14(20)7-5-13)21-18(24)3-2-10-22-16-9-8-15(23(26)27)11-17(16)28-19(22)25/h4-9,11-12H,2-3,10H2,1H3,(H,21,24)/t12-/m0/s1. The highest BCUT2D eigenvalue weighted by Gasteiger charge is 2.15. The maximum absolute atomic E-state index is 12.2. The Balaban J connectivity index is 1.59. The monoisotopic (exact) mass is 403 g/mol. The van der Waals surface area contributed by atoms with Gasteiger partial charge in [-0.1, -0.05) is 23.7 Å². The molecule has 0 bridgehead atoms. The minimum absolute atomic E-state index is 0.140. The first kappa shape index (κ1) is 19.6. The molecule has 3 rings (SSSR count). The van der Waals surface area contributed by atoms with E-state index >= 15 is 0 Å². The predicted octanol–water partition coefficient (Wildman–Crippen LogP) is 3.81. The zero-order valence-corrected chi connectivity index (χ0v) is 15.8. The van der Waals surface area contributed by atoms with E-state index in [2.05, 4.69) is 5.32 Å². The number of aryl methyl sites for hydroxylation is 1. The molecule has 146 valence electrons. The summed E-state index contributed by atoms with van der Waals surface area (Å²) in [5.41, 5.74) is 1.41. The van der Waals surface area contributed by atoms with Gasteiger partial charge in [-0.2, -0.15) is 0 Å². The fourth-order valence-corrected chi connectivity index (χ4v) is 3.05. The highest BCUT2D eigenvalue weighted by molar-refractivity contribution is 6.30. The van der Waals surface area contributed by atoms with Crippen molar-refractivity contribution in [3.05, 3.63) is 73.7 Å². The second-order valence-electron chi connectivity index (χ2n) is 6.37. The minimum atomic E-state index is -0.606. The van der Waals surface area contributed by atoms with Gasteiger partial charge in [-0.05, 0) is 37.1 Å². The average Bonchev–Trinajstić information content (AvgIpc) is 2.96. The van der Waals surface area contributed by atoms with Gasteiger partial charge in [-0.15, -0.1) is 0 Å². The number of fused-ring (bicyclic) bond motifs is 1. The van der Waals surface area contributed by atoms with E-state index in [0.29, 0.717) is 17.0 Å². The van der Waals surface area contributed by atoms with Crippen molar-refractivity contribution >= 4 is 34.3 Å². The number of hydrogen-bond donors (Lipinski definition) is 1. The summed E-state index contributed by atoms with van der Waals surface area (Å²) in [5, 5.41) is 14.3. The molecular formula is C19H18ClN3O5. The summed E-state index contributed by atoms with van der Waals surface area (Å²) in [4.78, 5) is 34.4. The second-order valence-corrected chi connectivity index (χ2v) is 6.81. The number of nitro benzene ring substituents is 1. The predicted molar refractivity (Wildman–Crippen MR) is 104 cm³/mol. The lowest BCUT2D eigenvalue weighted by atomic mass is 10.1. The van der Waals surface area contributed by atoms with Crippen LogP contribution in [-0.4, -0.2) is 15.4 Å². The number of carbonyl (C=O) groups excluding carboxylic acids is 1. The topological polar surface area (TPSA) is 107 Å². The van der Waals surface area contributed by atoms with Gasteiger partial charge in [-0.25, -0.2) is 4.79 Å². The molecule has 1 N–H and O–H groups in total. The number of halogens is 1. The van der Waals surface area contributed by atoms with Crippen molar-refractivity contribution in [2.24, 2.45) is 0 Å². The Morgan fingerprint density at radius 2 is 2.00 bits per heavy atom. The van der Waals surface area contributed by atoms with E-state index in [1.807, 2.05) is 19.1 Å². The van der Waals surface area contributed by atoms with Crippen LogP contribution in [0.15, 0.2) is 51.7 Å². The molecule has 3 aromatic rings. The smallest absolute Gasteiger partial charge is 0.407 e. The molecule has 0 saturated carbocycles. The third-order valence-corrected chi connectivity index (χ3v) is 4.65. The lowest BCUT2D eigenvalue weighted by Gasteiger charge is -2.14. The van der Waals surface area contributed by atoms with E-state index in [-0.39, 0.29) is 36.2 Å². The van der Waals surface area contributed by atoms with Crippen molar-refractivity contribution in [3.63, 3.8) is 0 Å². The van der Waals surface area contributed by atoms with Crippen molar-refractivity contribution in [1.29, 1.82) is 0 Å². The molecule has 9 heteroatoms. The third kappa shape index (κ3) is 4.40. The average molecular weight is 404 g/mol. The van der Waals surface area contributed by atoms with Gasteiger partial charge in [0.1, 0.15) is 0 Å². The Morgan fingerprint density at radius 1 is 1.29 bits per heavy atom. The quantitative estimate of drug-likeness (QED) is 0.476. The molecule has 0 aliphatic rings. The van der Waals surface area contributed by atoms with Crippen LogP contribution in [0, 0.1) is 10.1 Å². The molecule has 0 spiro atoms. The first-order valence-electron chi connectivity index (χ1n) is 8.68. The minimum Gasteiger partial charge on any atom is -0.407 e. The fourth-order valence-electron chi connectivity index (χ4n) is 2.93. The first-order valence-corrected chi connectivity index (χ1v) is 9.05. The molecule has 28 heavy (non-hydrogen) atoms. The van der Waals surface area contributed by atoms with Gasteiger partial charge in [0.15, 0.2) is 5.58 Å². The number of rotatable bonds is 7. The van der Waals surface area contributed by atoms with Crippen LogP contribution in [0.2, 0.25) is 5.02 Å². The molecule has 1 heterocycles. The van der Waals surface area contributed by atoms with Crippen LogP contribution in [0.1, 0.15) is 31.4 Å². The molecular weight excluding hydrogens is 386 g/mol. The van der Waals surface area contributed by atoms with E-state index in [4.69, 9.17) is 16.0 Å². The second kappa shape index (κ2) is 8.26. The lowest BCUT2D eigenvalue weighted by Crippen LogP contribution is -2.27. The molecule has 2 aromatic carbocycles. The van der Waals surface area contributed by atoms with Crippen LogP contribution >= 0.6 is 11.6 Å². The molecule has 0 aliphatic heterocycles. The van der Waals surface area contributed by atoms with Crippen LogP contribution in [0.4, 0.5) is 5.69 Å². The van der Waals surface area contributed by atoms with Crippen LogP contribution in [0.5, 0.6) is 0 Å². The normalized spacial score (nSPS) is 12.1. The van der Waals surface area contributed by atoms with Crippen molar-refractivity contribution < 1.29 is 14.1 Å². The van der Waals surface area contributed by atoms with Gasteiger partial charge in [-0.3, -0.25) is 19.5 Å². The number of carbonyl (C=O) groups is 1. The summed E-state index contributed by atoms with van der Waals surface area (Å²) in [6.45, 7) is 2.15. The van der Waals surface area contributed by atoms with Gasteiger partial charge >= 0.3 is 5.76 Å². The first-order chi connectivity index (χ1) is 13.3. The summed E-state index contributed by atoms with van der Waals surface area (Å²) in [6, 6.07) is 11.1. The van der Waals surface area contributed by atoms with E-state index < -0.39 is 10.7 Å². The zero-order valence-electron chi connectivity index (χ0n) is 15.1. The number of oxazole rings is 1. The Morgan fingerprint density at radius 3 is 2.68 bits per heavy atom. The summed E-state index contributed by atoms with van der Waals surface area (Å²) in [7, 11) is 0. The van der Waals surface area contributed by atoms with Crippen molar-refractivity contribution in [1.82, 2.24) is 9.88 Å². The Hall–Kier alpha value is -3.13. The molecule has 0 aliphatic carbocycles. The fraction of sp³-hybridized carbons (Fsp3) is 0.263.